The van der Waals surface area contributed by atoms with E-state index in [-0.39, 0.29) is 6.04 Å². The van der Waals surface area contributed by atoms with Gasteiger partial charge in [0.15, 0.2) is 0 Å². The van der Waals surface area contributed by atoms with Gasteiger partial charge in [0.2, 0.25) is 0 Å². The van der Waals surface area contributed by atoms with E-state index in [2.05, 4.69) is 21.9 Å². The highest BCUT2D eigenvalue weighted by Gasteiger charge is 2.23. The summed E-state index contributed by atoms with van der Waals surface area (Å²) in [6.45, 7) is 10.1. The van der Waals surface area contributed by atoms with Crippen molar-refractivity contribution in [2.24, 2.45) is 5.73 Å². The summed E-state index contributed by atoms with van der Waals surface area (Å²) in [4.78, 5) is 4.59. The molecule has 3 N–H and O–H groups in total. The predicted octanol–water partition coefficient (Wildman–Crippen LogP) is 2.25. The summed E-state index contributed by atoms with van der Waals surface area (Å²) in [5, 5.41) is 10.7. The van der Waals surface area contributed by atoms with E-state index < -0.39 is 5.60 Å². The number of piperazine rings is 1. The van der Waals surface area contributed by atoms with Crippen molar-refractivity contribution < 1.29 is 5.11 Å². The summed E-state index contributed by atoms with van der Waals surface area (Å²) in [5.41, 5.74) is 7.38. The highest BCUT2D eigenvalue weighted by molar-refractivity contribution is 6.33. The molecule has 1 aliphatic rings. The molecular weight excluding hydrogens is 286 g/mol. The highest BCUT2D eigenvalue weighted by atomic mass is 35.5. The van der Waals surface area contributed by atoms with Crippen LogP contribution in [0.25, 0.3) is 0 Å². The van der Waals surface area contributed by atoms with E-state index in [1.165, 1.54) is 0 Å². The summed E-state index contributed by atoms with van der Waals surface area (Å²) in [6.07, 6.45) is 0. The first-order valence-electron chi connectivity index (χ1n) is 7.51. The second-order valence-electron chi connectivity index (χ2n) is 6.58. The van der Waals surface area contributed by atoms with Gasteiger partial charge in [-0.1, -0.05) is 17.7 Å². The number of benzene rings is 1. The number of rotatable bonds is 4. The molecule has 0 unspecified atom stereocenters. The fraction of sp³-hybridized carbons (Fsp3) is 0.625. The highest BCUT2D eigenvalue weighted by Crippen LogP contribution is 2.29. The Bertz CT molecular complexity index is 477. The minimum absolute atomic E-state index is 0.000169. The molecule has 1 aromatic rings. The van der Waals surface area contributed by atoms with Gasteiger partial charge in [0.1, 0.15) is 0 Å². The lowest BCUT2D eigenvalue weighted by atomic mass is 10.1. The average Bonchev–Trinajstić information content (AvgIpc) is 2.38. The Hall–Kier alpha value is -0.810. The van der Waals surface area contributed by atoms with Gasteiger partial charge < -0.3 is 15.7 Å². The SMILES string of the molecule is C[C@H](N)c1ccc(N2CCN(CC(C)(C)O)CC2)c(Cl)c1. The van der Waals surface area contributed by atoms with Crippen LogP contribution in [0, 0.1) is 0 Å². The molecule has 1 aromatic carbocycles. The van der Waals surface area contributed by atoms with Gasteiger partial charge in [-0.05, 0) is 38.5 Å². The number of anilines is 1. The second kappa shape index (κ2) is 6.53. The molecule has 1 fully saturated rings. The van der Waals surface area contributed by atoms with Crippen LogP contribution in [0.5, 0.6) is 0 Å². The van der Waals surface area contributed by atoms with Crippen molar-refractivity contribution in [2.45, 2.75) is 32.4 Å². The zero-order valence-corrected chi connectivity index (χ0v) is 13.9. The number of halogens is 1. The van der Waals surface area contributed by atoms with Gasteiger partial charge in [0, 0.05) is 38.8 Å². The number of hydrogen-bond acceptors (Lipinski definition) is 4. The molecule has 5 heteroatoms. The van der Waals surface area contributed by atoms with E-state index in [1.807, 2.05) is 26.8 Å². The molecule has 0 spiro atoms. The zero-order valence-electron chi connectivity index (χ0n) is 13.1. The van der Waals surface area contributed by atoms with Crippen LogP contribution in [0.1, 0.15) is 32.4 Å². The van der Waals surface area contributed by atoms with E-state index in [1.54, 1.807) is 0 Å². The summed E-state index contributed by atoms with van der Waals surface area (Å²) < 4.78 is 0. The summed E-state index contributed by atoms with van der Waals surface area (Å²) >= 11 is 6.40. The maximum absolute atomic E-state index is 9.89. The molecule has 0 saturated carbocycles. The molecule has 4 nitrogen and oxygen atoms in total. The fourth-order valence-corrected chi connectivity index (χ4v) is 3.07. The molecule has 1 saturated heterocycles. The molecule has 0 aromatic heterocycles. The molecule has 0 aliphatic carbocycles. The Morgan fingerprint density at radius 2 is 1.90 bits per heavy atom. The molecule has 21 heavy (non-hydrogen) atoms. The molecule has 0 amide bonds. The van der Waals surface area contributed by atoms with Gasteiger partial charge >= 0.3 is 0 Å². The average molecular weight is 312 g/mol. The summed E-state index contributed by atoms with van der Waals surface area (Å²) in [6, 6.07) is 6.08. The summed E-state index contributed by atoms with van der Waals surface area (Å²) in [5.74, 6) is 0. The Labute approximate surface area is 132 Å². The van der Waals surface area contributed by atoms with Crippen LogP contribution in [-0.4, -0.2) is 48.3 Å². The third kappa shape index (κ3) is 4.58. The van der Waals surface area contributed by atoms with Crippen LogP contribution in [0.2, 0.25) is 5.02 Å². The van der Waals surface area contributed by atoms with E-state index in [4.69, 9.17) is 17.3 Å². The second-order valence-corrected chi connectivity index (χ2v) is 6.98. The number of hydrogen-bond donors (Lipinski definition) is 2. The lowest BCUT2D eigenvalue weighted by molar-refractivity contribution is 0.0345. The van der Waals surface area contributed by atoms with E-state index in [0.717, 1.165) is 42.5 Å². The van der Waals surface area contributed by atoms with Crippen molar-refractivity contribution in [1.82, 2.24) is 4.90 Å². The van der Waals surface area contributed by atoms with Crippen LogP contribution in [0.15, 0.2) is 18.2 Å². The van der Waals surface area contributed by atoms with Crippen molar-refractivity contribution in [3.63, 3.8) is 0 Å². The molecule has 1 atom stereocenters. The minimum Gasteiger partial charge on any atom is -0.389 e. The first kappa shape index (κ1) is 16.6. The van der Waals surface area contributed by atoms with Crippen molar-refractivity contribution in [3.8, 4) is 0 Å². The monoisotopic (exact) mass is 311 g/mol. The Kier molecular flexibility index (Phi) is 5.15. The first-order chi connectivity index (χ1) is 9.76. The molecule has 1 aliphatic heterocycles. The zero-order chi connectivity index (χ0) is 15.6. The van der Waals surface area contributed by atoms with Crippen LogP contribution < -0.4 is 10.6 Å². The third-order valence-corrected chi connectivity index (χ3v) is 4.12. The maximum Gasteiger partial charge on any atom is 0.0718 e. The number of β-amino-alcohol motifs (C(OH)–C–C–N with tert-alkyl or cyclic N) is 1. The van der Waals surface area contributed by atoms with Gasteiger partial charge in [-0.3, -0.25) is 4.90 Å². The third-order valence-electron chi connectivity index (χ3n) is 3.82. The van der Waals surface area contributed by atoms with Gasteiger partial charge in [-0.2, -0.15) is 0 Å². The smallest absolute Gasteiger partial charge is 0.0718 e. The fourth-order valence-electron chi connectivity index (χ4n) is 2.76. The lowest BCUT2D eigenvalue weighted by Crippen LogP contribution is -2.50. The topological polar surface area (TPSA) is 52.7 Å². The van der Waals surface area contributed by atoms with Gasteiger partial charge in [0.05, 0.1) is 16.3 Å². The maximum atomic E-state index is 9.89. The van der Waals surface area contributed by atoms with Crippen LogP contribution >= 0.6 is 11.6 Å². The first-order valence-corrected chi connectivity index (χ1v) is 7.89. The number of nitrogens with two attached hydrogens (primary N) is 1. The lowest BCUT2D eigenvalue weighted by Gasteiger charge is -2.38. The van der Waals surface area contributed by atoms with Gasteiger partial charge in [0.25, 0.3) is 0 Å². The van der Waals surface area contributed by atoms with E-state index >= 15 is 0 Å². The Morgan fingerprint density at radius 1 is 1.29 bits per heavy atom. The van der Waals surface area contributed by atoms with Crippen molar-refractivity contribution in [3.05, 3.63) is 28.8 Å². The van der Waals surface area contributed by atoms with Crippen LogP contribution in [0.4, 0.5) is 5.69 Å². The minimum atomic E-state index is -0.640. The standard InChI is InChI=1S/C16H26ClN3O/c1-12(18)13-4-5-15(14(17)10-13)20-8-6-19(7-9-20)11-16(2,3)21/h4-5,10,12,21H,6-9,11,18H2,1-3H3/t12-/m0/s1. The van der Waals surface area contributed by atoms with Crippen LogP contribution in [-0.2, 0) is 0 Å². The normalized spacial score (nSPS) is 18.9. The molecule has 0 bridgehead atoms. The van der Waals surface area contributed by atoms with Gasteiger partial charge in [-0.25, -0.2) is 0 Å². The van der Waals surface area contributed by atoms with E-state index in [9.17, 15) is 5.11 Å². The van der Waals surface area contributed by atoms with Crippen LogP contribution in [0.3, 0.4) is 0 Å². The molecular formula is C16H26ClN3O. The Balaban J connectivity index is 1.99. The van der Waals surface area contributed by atoms with Crippen molar-refractivity contribution >= 4 is 17.3 Å². The van der Waals surface area contributed by atoms with E-state index in [0.29, 0.717) is 6.54 Å². The van der Waals surface area contributed by atoms with Crippen molar-refractivity contribution in [1.29, 1.82) is 0 Å². The number of nitrogens with zero attached hydrogens (tertiary/aromatic N) is 2. The largest absolute Gasteiger partial charge is 0.389 e. The van der Waals surface area contributed by atoms with Crippen molar-refractivity contribution in [2.75, 3.05) is 37.6 Å². The number of aliphatic hydroxyl groups is 1. The van der Waals surface area contributed by atoms with Gasteiger partial charge in [-0.15, -0.1) is 0 Å². The molecule has 118 valence electrons. The molecule has 0 radical (unpaired) electrons. The molecule has 1 heterocycles. The quantitative estimate of drug-likeness (QED) is 0.895. The summed E-state index contributed by atoms with van der Waals surface area (Å²) in [7, 11) is 0. The Morgan fingerprint density at radius 3 is 2.38 bits per heavy atom. The predicted molar refractivity (Wildman–Crippen MR) is 89.0 cm³/mol. The molecule has 2 rings (SSSR count).